The predicted molar refractivity (Wildman–Crippen MR) is 76.7 cm³/mol. The molecule has 0 aliphatic carbocycles. The maximum absolute atomic E-state index is 11.9. The van der Waals surface area contributed by atoms with E-state index in [1.54, 1.807) is 0 Å². The number of nitrogens with one attached hydrogen (secondary N) is 1. The van der Waals surface area contributed by atoms with Gasteiger partial charge in [0.25, 0.3) is 10.2 Å². The number of aliphatic carboxylic acids is 1. The monoisotopic (exact) mass is 300 g/mol. The van der Waals surface area contributed by atoms with Crippen molar-refractivity contribution in [2.45, 2.75) is 19.3 Å². The molecule has 1 rings (SSSR count). The fraction of sp³-hybridized carbons (Fsp3) is 0.462. The fourth-order valence-corrected chi connectivity index (χ4v) is 2.63. The number of carbonyl (C=O) groups is 1. The van der Waals surface area contributed by atoms with Crippen molar-refractivity contribution < 1.29 is 18.3 Å². The van der Waals surface area contributed by atoms with Gasteiger partial charge in [-0.05, 0) is 11.5 Å². The molecule has 20 heavy (non-hydrogen) atoms. The van der Waals surface area contributed by atoms with Crippen molar-refractivity contribution in [3.63, 3.8) is 0 Å². The number of benzene rings is 1. The summed E-state index contributed by atoms with van der Waals surface area (Å²) in [5, 5.41) is 8.55. The zero-order valence-corrected chi connectivity index (χ0v) is 12.4. The number of carboxylic acid groups (broad SMARTS) is 1. The average molecular weight is 300 g/mol. The first-order valence-corrected chi connectivity index (χ1v) is 7.74. The van der Waals surface area contributed by atoms with Crippen molar-refractivity contribution in [2.24, 2.45) is 0 Å². The van der Waals surface area contributed by atoms with Crippen LogP contribution in [0.2, 0.25) is 0 Å². The Morgan fingerprint density at radius 1 is 1.35 bits per heavy atom. The SMILES string of the molecule is CC(CNS(=O)(=O)N(C)CCC(=O)O)c1ccccc1. The largest absolute Gasteiger partial charge is 0.481 e. The van der Waals surface area contributed by atoms with E-state index in [-0.39, 0.29) is 25.4 Å². The Morgan fingerprint density at radius 2 is 1.95 bits per heavy atom. The van der Waals surface area contributed by atoms with E-state index in [4.69, 9.17) is 5.11 Å². The molecule has 0 amide bonds. The van der Waals surface area contributed by atoms with Gasteiger partial charge in [0.1, 0.15) is 0 Å². The molecule has 0 spiro atoms. The maximum Gasteiger partial charge on any atom is 0.304 e. The molecule has 0 bridgehead atoms. The number of nitrogens with zero attached hydrogens (tertiary/aromatic N) is 1. The van der Waals surface area contributed by atoms with E-state index in [0.29, 0.717) is 0 Å². The quantitative estimate of drug-likeness (QED) is 0.751. The van der Waals surface area contributed by atoms with Gasteiger partial charge in [0.15, 0.2) is 0 Å². The van der Waals surface area contributed by atoms with Crippen molar-refractivity contribution >= 4 is 16.2 Å². The molecule has 0 aliphatic rings. The van der Waals surface area contributed by atoms with Gasteiger partial charge < -0.3 is 5.11 Å². The summed E-state index contributed by atoms with van der Waals surface area (Å²) in [6, 6.07) is 9.58. The molecule has 1 aromatic rings. The summed E-state index contributed by atoms with van der Waals surface area (Å²) in [6.45, 7) is 2.14. The molecule has 7 heteroatoms. The predicted octanol–water partition coefficient (Wildman–Crippen LogP) is 1.03. The van der Waals surface area contributed by atoms with Crippen LogP contribution < -0.4 is 4.72 Å². The van der Waals surface area contributed by atoms with E-state index < -0.39 is 16.2 Å². The summed E-state index contributed by atoms with van der Waals surface area (Å²) in [5.41, 5.74) is 1.04. The van der Waals surface area contributed by atoms with E-state index in [9.17, 15) is 13.2 Å². The van der Waals surface area contributed by atoms with E-state index in [0.717, 1.165) is 9.87 Å². The van der Waals surface area contributed by atoms with Crippen LogP contribution in [0.3, 0.4) is 0 Å². The first-order valence-electron chi connectivity index (χ1n) is 6.30. The van der Waals surface area contributed by atoms with Gasteiger partial charge in [-0.2, -0.15) is 12.7 Å². The van der Waals surface area contributed by atoms with Gasteiger partial charge in [0.05, 0.1) is 6.42 Å². The second kappa shape index (κ2) is 7.37. The molecule has 0 radical (unpaired) electrons. The van der Waals surface area contributed by atoms with Crippen LogP contribution >= 0.6 is 0 Å². The minimum Gasteiger partial charge on any atom is -0.481 e. The third kappa shape index (κ3) is 5.28. The molecular formula is C13H20N2O4S. The summed E-state index contributed by atoms with van der Waals surface area (Å²) in [7, 11) is -2.28. The molecule has 2 N–H and O–H groups in total. The molecule has 6 nitrogen and oxygen atoms in total. The van der Waals surface area contributed by atoms with Crippen molar-refractivity contribution in [2.75, 3.05) is 20.1 Å². The van der Waals surface area contributed by atoms with Crippen LogP contribution in [0.15, 0.2) is 30.3 Å². The van der Waals surface area contributed by atoms with Crippen LogP contribution in [0.5, 0.6) is 0 Å². The highest BCUT2D eigenvalue weighted by Crippen LogP contribution is 2.13. The highest BCUT2D eigenvalue weighted by atomic mass is 32.2. The number of carboxylic acids is 1. The van der Waals surface area contributed by atoms with Gasteiger partial charge in [-0.25, -0.2) is 4.72 Å². The Morgan fingerprint density at radius 3 is 2.50 bits per heavy atom. The van der Waals surface area contributed by atoms with E-state index >= 15 is 0 Å². The van der Waals surface area contributed by atoms with Crippen LogP contribution in [-0.4, -0.2) is 43.9 Å². The molecule has 112 valence electrons. The van der Waals surface area contributed by atoms with Gasteiger partial charge in [0.2, 0.25) is 0 Å². The van der Waals surface area contributed by atoms with Crippen molar-refractivity contribution in [3.8, 4) is 0 Å². The van der Waals surface area contributed by atoms with Crippen LogP contribution in [0.1, 0.15) is 24.8 Å². The van der Waals surface area contributed by atoms with Gasteiger partial charge >= 0.3 is 5.97 Å². The molecule has 0 fully saturated rings. The van der Waals surface area contributed by atoms with Crippen molar-refractivity contribution in [3.05, 3.63) is 35.9 Å². The van der Waals surface area contributed by atoms with Gasteiger partial charge in [0, 0.05) is 20.1 Å². The van der Waals surface area contributed by atoms with Crippen LogP contribution in [0.4, 0.5) is 0 Å². The summed E-state index contributed by atoms with van der Waals surface area (Å²) in [6.07, 6.45) is -0.217. The second-order valence-electron chi connectivity index (χ2n) is 4.63. The Hall–Kier alpha value is -1.44. The highest BCUT2D eigenvalue weighted by Gasteiger charge is 2.19. The Balaban J connectivity index is 2.52. The lowest BCUT2D eigenvalue weighted by molar-refractivity contribution is -0.137. The topological polar surface area (TPSA) is 86.7 Å². The molecule has 1 aromatic carbocycles. The van der Waals surface area contributed by atoms with Gasteiger partial charge in [-0.15, -0.1) is 0 Å². The van der Waals surface area contributed by atoms with Crippen molar-refractivity contribution in [1.29, 1.82) is 0 Å². The third-order valence-corrected chi connectivity index (χ3v) is 4.53. The lowest BCUT2D eigenvalue weighted by atomic mass is 10.0. The zero-order chi connectivity index (χ0) is 15.2. The first-order chi connectivity index (χ1) is 9.33. The molecule has 0 heterocycles. The zero-order valence-electron chi connectivity index (χ0n) is 11.6. The lowest BCUT2D eigenvalue weighted by Crippen LogP contribution is -2.40. The maximum atomic E-state index is 11.9. The van der Waals surface area contributed by atoms with Crippen LogP contribution in [0, 0.1) is 0 Å². The highest BCUT2D eigenvalue weighted by molar-refractivity contribution is 7.87. The summed E-state index contributed by atoms with van der Waals surface area (Å²) in [4.78, 5) is 10.4. The number of hydrogen-bond acceptors (Lipinski definition) is 3. The summed E-state index contributed by atoms with van der Waals surface area (Å²) >= 11 is 0. The Labute approximate surface area is 119 Å². The minimum absolute atomic E-state index is 0.0406. The summed E-state index contributed by atoms with van der Waals surface area (Å²) in [5.74, 6) is -0.983. The average Bonchev–Trinajstić information content (AvgIpc) is 2.43. The lowest BCUT2D eigenvalue weighted by Gasteiger charge is -2.19. The summed E-state index contributed by atoms with van der Waals surface area (Å²) < 4.78 is 27.3. The molecule has 0 saturated carbocycles. The second-order valence-corrected chi connectivity index (χ2v) is 6.49. The normalized spacial score (nSPS) is 13.3. The molecule has 0 aromatic heterocycles. The number of rotatable bonds is 8. The third-order valence-electron chi connectivity index (χ3n) is 2.99. The van der Waals surface area contributed by atoms with E-state index in [1.807, 2.05) is 37.3 Å². The van der Waals surface area contributed by atoms with E-state index in [1.165, 1.54) is 7.05 Å². The van der Waals surface area contributed by atoms with Gasteiger partial charge in [-0.3, -0.25) is 4.79 Å². The Kier molecular flexibility index (Phi) is 6.12. The van der Waals surface area contributed by atoms with Crippen LogP contribution in [-0.2, 0) is 15.0 Å². The standard InChI is InChI=1S/C13H20N2O4S/c1-11(12-6-4-3-5-7-12)10-14-20(18,19)15(2)9-8-13(16)17/h3-7,11,14H,8-10H2,1-2H3,(H,16,17). The van der Waals surface area contributed by atoms with Crippen LogP contribution in [0.25, 0.3) is 0 Å². The van der Waals surface area contributed by atoms with Gasteiger partial charge in [-0.1, -0.05) is 37.3 Å². The number of hydrogen-bond donors (Lipinski definition) is 2. The molecule has 1 unspecified atom stereocenters. The fourth-order valence-electron chi connectivity index (χ4n) is 1.61. The molecular weight excluding hydrogens is 280 g/mol. The molecule has 0 saturated heterocycles. The van der Waals surface area contributed by atoms with Crippen molar-refractivity contribution in [1.82, 2.24) is 9.03 Å². The Bertz CT molecular complexity index is 531. The smallest absolute Gasteiger partial charge is 0.304 e. The first kappa shape index (κ1) is 16.6. The molecule has 1 atom stereocenters. The minimum atomic E-state index is -3.64. The van der Waals surface area contributed by atoms with E-state index in [2.05, 4.69) is 4.72 Å². The molecule has 0 aliphatic heterocycles.